The van der Waals surface area contributed by atoms with Gasteiger partial charge in [-0.3, -0.25) is 4.72 Å². The van der Waals surface area contributed by atoms with Crippen LogP contribution >= 0.6 is 0 Å². The molecule has 0 saturated carbocycles. The monoisotopic (exact) mass is 386 g/mol. The third-order valence-corrected chi connectivity index (χ3v) is 5.31. The molecule has 3 aromatic carbocycles. The molecule has 5 nitrogen and oxygen atoms in total. The van der Waals surface area contributed by atoms with Crippen LogP contribution < -0.4 is 14.8 Å². The highest BCUT2D eigenvalue weighted by molar-refractivity contribution is 7.92. The largest absolute Gasteiger partial charge is 0.497 e. The van der Waals surface area contributed by atoms with Gasteiger partial charge in [-0.25, -0.2) is 12.8 Å². The van der Waals surface area contributed by atoms with E-state index < -0.39 is 15.8 Å². The van der Waals surface area contributed by atoms with Gasteiger partial charge in [-0.2, -0.15) is 0 Å². The van der Waals surface area contributed by atoms with Crippen molar-refractivity contribution >= 4 is 21.4 Å². The zero-order valence-electron chi connectivity index (χ0n) is 14.6. The molecular formula is C20H19FN2O3S. The van der Waals surface area contributed by atoms with E-state index in [2.05, 4.69) is 10.0 Å². The summed E-state index contributed by atoms with van der Waals surface area (Å²) >= 11 is 0. The molecule has 3 aromatic rings. The normalized spacial score (nSPS) is 11.0. The standard InChI is InChI=1S/C20H19FN2O3S/c1-26-19-10-2-15(3-11-19)14-22-17-6-8-18(9-7-17)23-27(24,25)20-12-4-16(21)5-13-20/h2-13,22-23H,14H2,1H3. The number of ether oxygens (including phenoxy) is 1. The Labute approximate surface area is 157 Å². The van der Waals surface area contributed by atoms with Crippen molar-refractivity contribution in [2.24, 2.45) is 0 Å². The number of benzene rings is 3. The molecule has 27 heavy (non-hydrogen) atoms. The van der Waals surface area contributed by atoms with Crippen molar-refractivity contribution in [3.63, 3.8) is 0 Å². The molecule has 0 spiro atoms. The van der Waals surface area contributed by atoms with Crippen LogP contribution in [0.3, 0.4) is 0 Å². The van der Waals surface area contributed by atoms with Crippen LogP contribution in [0, 0.1) is 5.82 Å². The number of methoxy groups -OCH3 is 1. The number of hydrogen-bond donors (Lipinski definition) is 2. The van der Waals surface area contributed by atoms with E-state index in [0.717, 1.165) is 29.1 Å². The van der Waals surface area contributed by atoms with Crippen molar-refractivity contribution in [1.29, 1.82) is 0 Å². The molecular weight excluding hydrogens is 367 g/mol. The van der Waals surface area contributed by atoms with Crippen LogP contribution in [-0.2, 0) is 16.6 Å². The summed E-state index contributed by atoms with van der Waals surface area (Å²) in [5.74, 6) is 0.317. The van der Waals surface area contributed by atoms with Gasteiger partial charge >= 0.3 is 0 Å². The van der Waals surface area contributed by atoms with E-state index in [1.165, 1.54) is 12.1 Å². The predicted molar refractivity (Wildman–Crippen MR) is 104 cm³/mol. The quantitative estimate of drug-likeness (QED) is 0.637. The fourth-order valence-electron chi connectivity index (χ4n) is 2.43. The first-order valence-corrected chi connectivity index (χ1v) is 9.70. The highest BCUT2D eigenvalue weighted by Gasteiger charge is 2.14. The Morgan fingerprint density at radius 1 is 0.852 bits per heavy atom. The van der Waals surface area contributed by atoms with Crippen LogP contribution in [0.5, 0.6) is 5.75 Å². The minimum atomic E-state index is -3.75. The maximum atomic E-state index is 13.0. The second-order valence-corrected chi connectivity index (χ2v) is 7.52. The van der Waals surface area contributed by atoms with Crippen LogP contribution in [0.4, 0.5) is 15.8 Å². The van der Waals surface area contributed by atoms with Crippen molar-refractivity contribution in [3.05, 3.63) is 84.2 Å². The van der Waals surface area contributed by atoms with E-state index in [1.54, 1.807) is 31.4 Å². The van der Waals surface area contributed by atoms with Gasteiger partial charge in [0.2, 0.25) is 0 Å². The first kappa shape index (κ1) is 18.7. The van der Waals surface area contributed by atoms with Crippen molar-refractivity contribution < 1.29 is 17.5 Å². The highest BCUT2D eigenvalue weighted by atomic mass is 32.2. The molecule has 0 aromatic heterocycles. The first-order valence-electron chi connectivity index (χ1n) is 8.21. The molecule has 0 amide bonds. The average molecular weight is 386 g/mol. The smallest absolute Gasteiger partial charge is 0.261 e. The lowest BCUT2D eigenvalue weighted by Gasteiger charge is -2.10. The molecule has 3 rings (SSSR count). The van der Waals surface area contributed by atoms with Crippen molar-refractivity contribution in [2.45, 2.75) is 11.4 Å². The van der Waals surface area contributed by atoms with Gasteiger partial charge in [0, 0.05) is 17.9 Å². The molecule has 2 N–H and O–H groups in total. The van der Waals surface area contributed by atoms with E-state index in [9.17, 15) is 12.8 Å². The summed E-state index contributed by atoms with van der Waals surface area (Å²) in [6, 6.07) is 19.3. The van der Waals surface area contributed by atoms with E-state index in [1.807, 2.05) is 24.3 Å². The maximum Gasteiger partial charge on any atom is 0.261 e. The molecule has 0 saturated heterocycles. The Morgan fingerprint density at radius 3 is 2.04 bits per heavy atom. The summed E-state index contributed by atoms with van der Waals surface area (Å²) in [4.78, 5) is 0.00519. The third-order valence-electron chi connectivity index (χ3n) is 3.92. The van der Waals surface area contributed by atoms with E-state index in [4.69, 9.17) is 4.74 Å². The molecule has 0 radical (unpaired) electrons. The zero-order valence-corrected chi connectivity index (χ0v) is 15.5. The molecule has 0 unspecified atom stereocenters. The molecule has 0 fully saturated rings. The zero-order chi connectivity index (χ0) is 19.3. The Hall–Kier alpha value is -3.06. The fourth-order valence-corrected chi connectivity index (χ4v) is 3.49. The van der Waals surface area contributed by atoms with Crippen LogP contribution in [0.25, 0.3) is 0 Å². The molecule has 0 atom stereocenters. The minimum absolute atomic E-state index is 0.00519. The highest BCUT2D eigenvalue weighted by Crippen LogP contribution is 2.19. The summed E-state index contributed by atoms with van der Waals surface area (Å²) < 4.78 is 45.2. The van der Waals surface area contributed by atoms with Gasteiger partial charge in [0.05, 0.1) is 12.0 Å². The van der Waals surface area contributed by atoms with Gasteiger partial charge in [-0.1, -0.05) is 12.1 Å². The molecule has 0 aliphatic carbocycles. The predicted octanol–water partition coefficient (Wildman–Crippen LogP) is 4.25. The summed E-state index contributed by atoms with van der Waals surface area (Å²) in [5, 5.41) is 3.27. The number of hydrogen-bond acceptors (Lipinski definition) is 4. The number of rotatable bonds is 7. The second-order valence-electron chi connectivity index (χ2n) is 5.84. The van der Waals surface area contributed by atoms with Crippen molar-refractivity contribution in [1.82, 2.24) is 0 Å². The van der Waals surface area contributed by atoms with Gasteiger partial charge in [0.15, 0.2) is 0 Å². The lowest BCUT2D eigenvalue weighted by atomic mass is 10.2. The van der Waals surface area contributed by atoms with Gasteiger partial charge in [-0.15, -0.1) is 0 Å². The van der Waals surface area contributed by atoms with E-state index in [-0.39, 0.29) is 4.90 Å². The van der Waals surface area contributed by atoms with E-state index in [0.29, 0.717) is 12.2 Å². The van der Waals surface area contributed by atoms with Crippen LogP contribution in [0.15, 0.2) is 77.7 Å². The summed E-state index contributed by atoms with van der Waals surface area (Å²) in [6.45, 7) is 0.630. The van der Waals surface area contributed by atoms with Crippen LogP contribution in [-0.4, -0.2) is 15.5 Å². The molecule has 0 aliphatic heterocycles. The number of anilines is 2. The molecule has 7 heteroatoms. The Balaban J connectivity index is 1.61. The number of nitrogens with one attached hydrogen (secondary N) is 2. The topological polar surface area (TPSA) is 67.4 Å². The van der Waals surface area contributed by atoms with Gasteiger partial charge < -0.3 is 10.1 Å². The lowest BCUT2D eigenvalue weighted by Crippen LogP contribution is -2.12. The Bertz CT molecular complexity index is 987. The summed E-state index contributed by atoms with van der Waals surface area (Å²) in [6.07, 6.45) is 0. The third kappa shape index (κ3) is 4.98. The minimum Gasteiger partial charge on any atom is -0.497 e. The van der Waals surface area contributed by atoms with Crippen LogP contribution in [0.2, 0.25) is 0 Å². The van der Waals surface area contributed by atoms with Gasteiger partial charge in [-0.05, 0) is 66.2 Å². The van der Waals surface area contributed by atoms with Crippen LogP contribution in [0.1, 0.15) is 5.56 Å². The summed E-state index contributed by atoms with van der Waals surface area (Å²) in [7, 11) is -2.13. The molecule has 0 heterocycles. The van der Waals surface area contributed by atoms with Crippen molar-refractivity contribution in [2.75, 3.05) is 17.1 Å². The SMILES string of the molecule is COc1ccc(CNc2ccc(NS(=O)(=O)c3ccc(F)cc3)cc2)cc1. The molecule has 0 aliphatic rings. The average Bonchev–Trinajstić information content (AvgIpc) is 2.68. The molecule has 0 bridgehead atoms. The Morgan fingerprint density at radius 2 is 1.44 bits per heavy atom. The number of halogens is 1. The fraction of sp³-hybridized carbons (Fsp3) is 0.100. The maximum absolute atomic E-state index is 13.0. The Kier molecular flexibility index (Phi) is 5.61. The van der Waals surface area contributed by atoms with Gasteiger partial charge in [0.25, 0.3) is 10.0 Å². The summed E-state index contributed by atoms with van der Waals surface area (Å²) in [5.41, 5.74) is 2.38. The van der Waals surface area contributed by atoms with Crippen molar-refractivity contribution in [3.8, 4) is 5.75 Å². The first-order chi connectivity index (χ1) is 13.0. The van der Waals surface area contributed by atoms with Gasteiger partial charge in [0.1, 0.15) is 11.6 Å². The number of sulfonamides is 1. The second kappa shape index (κ2) is 8.09. The van der Waals surface area contributed by atoms with E-state index >= 15 is 0 Å². The molecule has 140 valence electrons. The lowest BCUT2D eigenvalue weighted by molar-refractivity contribution is 0.414.